The Morgan fingerprint density at radius 3 is 2.52 bits per heavy atom. The maximum absolute atomic E-state index is 11.9. The van der Waals surface area contributed by atoms with E-state index in [1.54, 1.807) is 0 Å². The third-order valence-corrected chi connectivity index (χ3v) is 4.56. The molecule has 0 aliphatic carbocycles. The van der Waals surface area contributed by atoms with Crippen LogP contribution < -0.4 is 5.32 Å². The van der Waals surface area contributed by atoms with Gasteiger partial charge in [0.05, 0.1) is 12.6 Å². The predicted molar refractivity (Wildman–Crippen MR) is 95.7 cm³/mol. The summed E-state index contributed by atoms with van der Waals surface area (Å²) in [6, 6.07) is -0.450. The number of amides is 1. The average molecular weight is 391 g/mol. The van der Waals surface area contributed by atoms with E-state index >= 15 is 0 Å². The van der Waals surface area contributed by atoms with Gasteiger partial charge in [-0.25, -0.2) is 0 Å². The van der Waals surface area contributed by atoms with Gasteiger partial charge in [0.15, 0.2) is 6.29 Å². The van der Waals surface area contributed by atoms with Gasteiger partial charge >= 0.3 is 0 Å². The van der Waals surface area contributed by atoms with E-state index in [0.717, 1.165) is 25.5 Å². The third kappa shape index (κ3) is 8.20. The molecule has 6 atom stereocenters. The Morgan fingerprint density at radius 1 is 1.15 bits per heavy atom. The molecule has 5 N–H and O–H groups in total. The van der Waals surface area contributed by atoms with Gasteiger partial charge in [-0.1, -0.05) is 26.2 Å². The molecule has 158 valence electrons. The SMILES string of the molecule is CCCCCC(C=O)NC(=O)CCCCOC1OC(CO)C(O)C(O)C1O. The minimum absolute atomic E-state index is 0.170. The molecule has 27 heavy (non-hydrogen) atoms. The second-order valence-corrected chi connectivity index (χ2v) is 6.83. The summed E-state index contributed by atoms with van der Waals surface area (Å²) in [5.41, 5.74) is 0. The molecule has 1 saturated heterocycles. The van der Waals surface area contributed by atoms with Crippen LogP contribution in [0.25, 0.3) is 0 Å². The lowest BCUT2D eigenvalue weighted by Crippen LogP contribution is -2.59. The number of aldehydes is 1. The zero-order valence-corrected chi connectivity index (χ0v) is 15.8. The van der Waals surface area contributed by atoms with Gasteiger partial charge in [-0.3, -0.25) is 4.79 Å². The van der Waals surface area contributed by atoms with Gasteiger partial charge in [0.1, 0.15) is 30.7 Å². The van der Waals surface area contributed by atoms with E-state index < -0.39 is 43.4 Å². The standard InChI is InChI=1S/C18H33NO8/c1-2-3-4-7-12(10-20)19-14(22)8-5-6-9-26-18-17(25)16(24)15(23)13(11-21)27-18/h10,12-13,15-18,21,23-25H,2-9,11H2,1H3,(H,19,22). The predicted octanol–water partition coefficient (Wildman–Crippen LogP) is -0.763. The highest BCUT2D eigenvalue weighted by Crippen LogP contribution is 2.22. The van der Waals surface area contributed by atoms with Crippen LogP contribution >= 0.6 is 0 Å². The van der Waals surface area contributed by atoms with Gasteiger partial charge in [-0.15, -0.1) is 0 Å². The molecule has 0 spiro atoms. The van der Waals surface area contributed by atoms with Gasteiger partial charge in [0.2, 0.25) is 5.91 Å². The van der Waals surface area contributed by atoms with E-state index in [9.17, 15) is 24.9 Å². The number of hydrogen-bond acceptors (Lipinski definition) is 8. The summed E-state index contributed by atoms with van der Waals surface area (Å²) in [5, 5.41) is 41.0. The first-order valence-corrected chi connectivity index (χ1v) is 9.61. The minimum atomic E-state index is -1.47. The highest BCUT2D eigenvalue weighted by atomic mass is 16.7. The molecule has 0 radical (unpaired) electrons. The van der Waals surface area contributed by atoms with Gasteiger partial charge < -0.3 is 40.0 Å². The third-order valence-electron chi connectivity index (χ3n) is 4.56. The van der Waals surface area contributed by atoms with E-state index in [1.165, 1.54) is 0 Å². The van der Waals surface area contributed by atoms with E-state index in [4.69, 9.17) is 14.6 Å². The Balaban J connectivity index is 2.22. The number of nitrogens with one attached hydrogen (secondary N) is 1. The van der Waals surface area contributed by atoms with Crippen molar-refractivity contribution in [2.24, 2.45) is 0 Å². The van der Waals surface area contributed by atoms with E-state index in [0.29, 0.717) is 19.3 Å². The van der Waals surface area contributed by atoms with Crippen molar-refractivity contribution in [1.82, 2.24) is 5.32 Å². The monoisotopic (exact) mass is 391 g/mol. The smallest absolute Gasteiger partial charge is 0.220 e. The lowest BCUT2D eigenvalue weighted by molar-refractivity contribution is -0.301. The number of aliphatic hydroxyl groups excluding tert-OH is 4. The van der Waals surface area contributed by atoms with Crippen LogP contribution in [0.4, 0.5) is 0 Å². The summed E-state index contributed by atoms with van der Waals surface area (Å²) in [7, 11) is 0. The first-order valence-electron chi connectivity index (χ1n) is 9.61. The molecule has 1 heterocycles. The molecular formula is C18H33NO8. The van der Waals surface area contributed by atoms with Gasteiger partial charge in [0, 0.05) is 13.0 Å². The summed E-state index contributed by atoms with van der Waals surface area (Å²) >= 11 is 0. The molecular weight excluding hydrogens is 358 g/mol. The van der Waals surface area contributed by atoms with Crippen LogP contribution in [-0.2, 0) is 19.1 Å². The maximum Gasteiger partial charge on any atom is 0.220 e. The van der Waals surface area contributed by atoms with Crippen molar-refractivity contribution in [2.75, 3.05) is 13.2 Å². The molecule has 0 aromatic heterocycles. The van der Waals surface area contributed by atoms with Gasteiger partial charge in [0.25, 0.3) is 0 Å². The Kier molecular flexibility index (Phi) is 11.7. The second kappa shape index (κ2) is 13.1. The summed E-state index contributed by atoms with van der Waals surface area (Å²) in [5.74, 6) is -0.198. The number of carbonyl (C=O) groups excluding carboxylic acids is 2. The van der Waals surface area contributed by atoms with Gasteiger partial charge in [-0.05, 0) is 19.3 Å². The Labute approximate surface area is 159 Å². The van der Waals surface area contributed by atoms with Crippen LogP contribution in [0.15, 0.2) is 0 Å². The molecule has 6 unspecified atom stereocenters. The van der Waals surface area contributed by atoms with Crippen LogP contribution in [0.5, 0.6) is 0 Å². The fraction of sp³-hybridized carbons (Fsp3) is 0.889. The van der Waals surface area contributed by atoms with E-state index in [2.05, 4.69) is 12.2 Å². The molecule has 1 rings (SSSR count). The number of aliphatic hydroxyl groups is 4. The fourth-order valence-electron chi connectivity index (χ4n) is 2.86. The lowest BCUT2D eigenvalue weighted by atomic mass is 9.99. The quantitative estimate of drug-likeness (QED) is 0.203. The summed E-state index contributed by atoms with van der Waals surface area (Å²) in [4.78, 5) is 22.8. The number of rotatable bonds is 13. The molecule has 0 aromatic rings. The minimum Gasteiger partial charge on any atom is -0.394 e. The van der Waals surface area contributed by atoms with Gasteiger partial charge in [-0.2, -0.15) is 0 Å². The van der Waals surface area contributed by atoms with E-state index in [-0.39, 0.29) is 18.9 Å². The molecule has 0 bridgehead atoms. The van der Waals surface area contributed by atoms with E-state index in [1.807, 2.05) is 0 Å². The van der Waals surface area contributed by atoms with Crippen LogP contribution in [0.2, 0.25) is 0 Å². The molecule has 1 amide bonds. The van der Waals surface area contributed by atoms with Crippen molar-refractivity contribution in [3.63, 3.8) is 0 Å². The normalized spacial score (nSPS) is 29.3. The Bertz CT molecular complexity index is 434. The number of ether oxygens (including phenoxy) is 2. The number of hydrogen-bond donors (Lipinski definition) is 5. The maximum atomic E-state index is 11.9. The summed E-state index contributed by atoms with van der Waals surface area (Å²) in [6.45, 7) is 1.73. The molecule has 0 saturated carbocycles. The molecule has 1 aliphatic heterocycles. The average Bonchev–Trinajstić information content (AvgIpc) is 2.66. The van der Waals surface area contributed by atoms with Crippen LogP contribution in [0.3, 0.4) is 0 Å². The first kappa shape index (κ1) is 23.9. The van der Waals surface area contributed by atoms with Crippen LogP contribution in [0, 0.1) is 0 Å². The molecule has 1 aliphatic rings. The largest absolute Gasteiger partial charge is 0.394 e. The van der Waals surface area contributed by atoms with Crippen LogP contribution in [0.1, 0.15) is 51.9 Å². The molecule has 9 nitrogen and oxygen atoms in total. The van der Waals surface area contributed by atoms with Crippen molar-refractivity contribution < 1.29 is 39.5 Å². The first-order chi connectivity index (χ1) is 12.9. The van der Waals surface area contributed by atoms with Crippen molar-refractivity contribution in [3.8, 4) is 0 Å². The molecule has 0 aromatic carbocycles. The van der Waals surface area contributed by atoms with Crippen molar-refractivity contribution in [1.29, 1.82) is 0 Å². The van der Waals surface area contributed by atoms with Crippen LogP contribution in [-0.4, -0.2) is 82.6 Å². The van der Waals surface area contributed by atoms with Crippen molar-refractivity contribution in [2.45, 2.75) is 88.6 Å². The zero-order valence-electron chi connectivity index (χ0n) is 15.8. The zero-order chi connectivity index (χ0) is 20.2. The molecule has 9 heteroatoms. The summed E-state index contributed by atoms with van der Waals surface area (Å²) < 4.78 is 10.6. The molecule has 1 fully saturated rings. The number of unbranched alkanes of at least 4 members (excludes halogenated alkanes) is 3. The lowest BCUT2D eigenvalue weighted by Gasteiger charge is -2.39. The second-order valence-electron chi connectivity index (χ2n) is 6.83. The highest BCUT2D eigenvalue weighted by Gasteiger charge is 2.43. The Morgan fingerprint density at radius 2 is 1.89 bits per heavy atom. The van der Waals surface area contributed by atoms with Crippen molar-refractivity contribution >= 4 is 12.2 Å². The highest BCUT2D eigenvalue weighted by molar-refractivity contribution is 5.79. The summed E-state index contributed by atoms with van der Waals surface area (Å²) in [6.07, 6.45) is -0.849. The Hall–Kier alpha value is -1.10. The number of carbonyl (C=O) groups is 2. The fourth-order valence-corrected chi connectivity index (χ4v) is 2.86. The topological polar surface area (TPSA) is 146 Å². The van der Waals surface area contributed by atoms with Crippen molar-refractivity contribution in [3.05, 3.63) is 0 Å².